The van der Waals surface area contributed by atoms with Crippen molar-refractivity contribution in [2.24, 2.45) is 0 Å². The fourth-order valence-corrected chi connectivity index (χ4v) is 3.31. The Hall–Kier alpha value is -0.340. The molecule has 2 heteroatoms. The summed E-state index contributed by atoms with van der Waals surface area (Å²) in [5.74, 6) is 0. The topological polar surface area (TPSA) is 12.0 Å². The van der Waals surface area contributed by atoms with Gasteiger partial charge in [0.1, 0.15) is 0 Å². The highest BCUT2D eigenvalue weighted by molar-refractivity contribution is 7.10. The molecular weight excluding hydrogens is 214 g/mol. The molecule has 0 bridgehead atoms. The second-order valence-corrected chi connectivity index (χ2v) is 6.52. The van der Waals surface area contributed by atoms with Gasteiger partial charge in [-0.15, -0.1) is 11.3 Å². The minimum Gasteiger partial charge on any atom is -0.313 e. The molecule has 1 nitrogen and oxygen atoms in total. The molecule has 0 spiro atoms. The lowest BCUT2D eigenvalue weighted by molar-refractivity contribution is 0.343. The van der Waals surface area contributed by atoms with Gasteiger partial charge in [-0.1, -0.05) is 39.2 Å². The molecule has 1 fully saturated rings. The van der Waals surface area contributed by atoms with E-state index in [2.05, 4.69) is 36.7 Å². The lowest BCUT2D eigenvalue weighted by Crippen LogP contribution is -2.39. The van der Waals surface area contributed by atoms with E-state index in [1.165, 1.54) is 37.0 Å². The van der Waals surface area contributed by atoms with Crippen LogP contribution in [0.2, 0.25) is 0 Å². The molecule has 2 rings (SSSR count). The normalized spacial score (nSPS) is 18.9. The first-order chi connectivity index (χ1) is 7.68. The fourth-order valence-electron chi connectivity index (χ4n) is 2.46. The van der Waals surface area contributed by atoms with Crippen molar-refractivity contribution >= 4 is 11.3 Å². The van der Waals surface area contributed by atoms with Gasteiger partial charge in [0.05, 0.1) is 0 Å². The monoisotopic (exact) mass is 237 g/mol. The Bertz CT molecular complexity index is 297. The molecule has 1 heterocycles. The molecule has 1 aromatic heterocycles. The van der Waals surface area contributed by atoms with Gasteiger partial charge in [0.2, 0.25) is 0 Å². The van der Waals surface area contributed by atoms with Crippen LogP contribution in [0.25, 0.3) is 0 Å². The first-order valence-electron chi connectivity index (χ1n) is 6.46. The first-order valence-corrected chi connectivity index (χ1v) is 7.34. The molecule has 0 atom stereocenters. The van der Waals surface area contributed by atoms with Crippen molar-refractivity contribution in [2.45, 2.75) is 57.4 Å². The van der Waals surface area contributed by atoms with E-state index in [0.29, 0.717) is 0 Å². The molecular formula is C14H23NS. The molecule has 90 valence electrons. The van der Waals surface area contributed by atoms with Crippen LogP contribution in [0.15, 0.2) is 17.5 Å². The molecule has 16 heavy (non-hydrogen) atoms. The van der Waals surface area contributed by atoms with Crippen LogP contribution < -0.4 is 5.32 Å². The van der Waals surface area contributed by atoms with Gasteiger partial charge in [-0.3, -0.25) is 0 Å². The van der Waals surface area contributed by atoms with Crippen LogP contribution in [0.3, 0.4) is 0 Å². The van der Waals surface area contributed by atoms with Gasteiger partial charge in [0.15, 0.2) is 0 Å². The summed E-state index contributed by atoms with van der Waals surface area (Å²) in [6.07, 6.45) is 7.02. The van der Waals surface area contributed by atoms with Crippen molar-refractivity contribution in [1.29, 1.82) is 0 Å². The zero-order chi connectivity index (χ0) is 11.4. The summed E-state index contributed by atoms with van der Waals surface area (Å²) >= 11 is 1.88. The highest BCUT2D eigenvalue weighted by atomic mass is 32.1. The Morgan fingerprint density at radius 2 is 2.06 bits per heavy atom. The van der Waals surface area contributed by atoms with Crippen molar-refractivity contribution in [1.82, 2.24) is 5.32 Å². The van der Waals surface area contributed by atoms with Crippen molar-refractivity contribution in [3.63, 3.8) is 0 Å². The quantitative estimate of drug-likeness (QED) is 0.836. The van der Waals surface area contributed by atoms with E-state index in [9.17, 15) is 0 Å². The molecule has 0 aliphatic heterocycles. The second kappa shape index (κ2) is 5.33. The fraction of sp³-hybridized carbons (Fsp3) is 0.714. The third kappa shape index (κ3) is 3.08. The SMILES string of the molecule is CC(C)(CNC1CCCCC1)c1cccs1. The van der Waals surface area contributed by atoms with Gasteiger partial charge in [-0.25, -0.2) is 0 Å². The van der Waals surface area contributed by atoms with Crippen LogP contribution in [-0.4, -0.2) is 12.6 Å². The van der Waals surface area contributed by atoms with E-state index in [4.69, 9.17) is 0 Å². The predicted molar refractivity (Wildman–Crippen MR) is 72.2 cm³/mol. The van der Waals surface area contributed by atoms with Crippen molar-refractivity contribution in [3.05, 3.63) is 22.4 Å². The third-order valence-corrected chi connectivity index (χ3v) is 4.86. The Balaban J connectivity index is 1.84. The summed E-state index contributed by atoms with van der Waals surface area (Å²) < 4.78 is 0. The summed E-state index contributed by atoms with van der Waals surface area (Å²) in [6, 6.07) is 5.18. The van der Waals surface area contributed by atoms with Crippen molar-refractivity contribution in [3.8, 4) is 0 Å². The molecule has 1 aromatic rings. The van der Waals surface area contributed by atoms with Gasteiger partial charge in [-0.2, -0.15) is 0 Å². The van der Waals surface area contributed by atoms with E-state index in [-0.39, 0.29) is 5.41 Å². The summed E-state index contributed by atoms with van der Waals surface area (Å²) in [4.78, 5) is 1.50. The van der Waals surface area contributed by atoms with E-state index in [1.807, 2.05) is 11.3 Å². The summed E-state index contributed by atoms with van der Waals surface area (Å²) in [5.41, 5.74) is 0.283. The van der Waals surface area contributed by atoms with Gasteiger partial charge in [0.25, 0.3) is 0 Å². The summed E-state index contributed by atoms with van der Waals surface area (Å²) in [5, 5.41) is 5.94. The molecule has 0 saturated heterocycles. The molecule has 1 N–H and O–H groups in total. The predicted octanol–water partition coefficient (Wildman–Crippen LogP) is 3.95. The van der Waals surface area contributed by atoms with Crippen LogP contribution in [0, 0.1) is 0 Å². The van der Waals surface area contributed by atoms with Crippen LogP contribution in [0.4, 0.5) is 0 Å². The third-order valence-electron chi connectivity index (χ3n) is 3.63. The molecule has 0 radical (unpaired) electrons. The van der Waals surface area contributed by atoms with Gasteiger partial charge in [-0.05, 0) is 24.3 Å². The standard InChI is InChI=1S/C14H23NS/c1-14(2,13-9-6-10-16-13)11-15-12-7-4-3-5-8-12/h6,9-10,12,15H,3-5,7-8,11H2,1-2H3. The van der Waals surface area contributed by atoms with E-state index in [1.54, 1.807) is 0 Å². The summed E-state index contributed by atoms with van der Waals surface area (Å²) in [6.45, 7) is 5.79. The smallest absolute Gasteiger partial charge is 0.0115 e. The number of hydrogen-bond acceptors (Lipinski definition) is 2. The Labute approximate surface area is 103 Å². The van der Waals surface area contributed by atoms with E-state index in [0.717, 1.165) is 12.6 Å². The van der Waals surface area contributed by atoms with Crippen LogP contribution in [0.1, 0.15) is 50.8 Å². The Kier molecular flexibility index (Phi) is 4.04. The molecule has 0 amide bonds. The van der Waals surface area contributed by atoms with Gasteiger partial charge in [0, 0.05) is 22.9 Å². The minimum atomic E-state index is 0.283. The van der Waals surface area contributed by atoms with E-state index < -0.39 is 0 Å². The Morgan fingerprint density at radius 1 is 1.31 bits per heavy atom. The number of rotatable bonds is 4. The highest BCUT2D eigenvalue weighted by Crippen LogP contribution is 2.27. The van der Waals surface area contributed by atoms with Gasteiger partial charge >= 0.3 is 0 Å². The number of thiophene rings is 1. The average Bonchev–Trinajstić information content (AvgIpc) is 2.82. The maximum atomic E-state index is 3.76. The molecule has 1 saturated carbocycles. The number of nitrogens with one attached hydrogen (secondary N) is 1. The maximum absolute atomic E-state index is 3.76. The zero-order valence-electron chi connectivity index (χ0n) is 10.5. The lowest BCUT2D eigenvalue weighted by atomic mass is 9.89. The molecule has 0 aromatic carbocycles. The number of hydrogen-bond donors (Lipinski definition) is 1. The largest absolute Gasteiger partial charge is 0.313 e. The van der Waals surface area contributed by atoms with Gasteiger partial charge < -0.3 is 5.32 Å². The van der Waals surface area contributed by atoms with Crippen LogP contribution in [-0.2, 0) is 5.41 Å². The van der Waals surface area contributed by atoms with Crippen molar-refractivity contribution in [2.75, 3.05) is 6.54 Å². The highest BCUT2D eigenvalue weighted by Gasteiger charge is 2.23. The zero-order valence-corrected chi connectivity index (χ0v) is 11.3. The first kappa shape index (κ1) is 12.1. The molecule has 0 unspecified atom stereocenters. The average molecular weight is 237 g/mol. The molecule has 1 aliphatic carbocycles. The lowest BCUT2D eigenvalue weighted by Gasteiger charge is -2.29. The Morgan fingerprint density at radius 3 is 2.69 bits per heavy atom. The maximum Gasteiger partial charge on any atom is 0.0115 e. The second-order valence-electron chi connectivity index (χ2n) is 5.58. The minimum absolute atomic E-state index is 0.283. The summed E-state index contributed by atoms with van der Waals surface area (Å²) in [7, 11) is 0. The van der Waals surface area contributed by atoms with Crippen LogP contribution >= 0.6 is 11.3 Å². The van der Waals surface area contributed by atoms with E-state index >= 15 is 0 Å². The van der Waals surface area contributed by atoms with Crippen molar-refractivity contribution < 1.29 is 0 Å². The molecule has 1 aliphatic rings. The van der Waals surface area contributed by atoms with Crippen LogP contribution in [0.5, 0.6) is 0 Å².